The fourth-order valence-electron chi connectivity index (χ4n) is 1.41. The Morgan fingerprint density at radius 2 is 2.35 bits per heavy atom. The van der Waals surface area contributed by atoms with Gasteiger partial charge in [0.1, 0.15) is 5.52 Å². The highest BCUT2D eigenvalue weighted by atomic mass is 16.4. The van der Waals surface area contributed by atoms with Crippen LogP contribution in [0.3, 0.4) is 0 Å². The lowest BCUT2D eigenvalue weighted by atomic mass is 10.1. The van der Waals surface area contributed by atoms with Crippen molar-refractivity contribution in [2.45, 2.75) is 12.5 Å². The number of fused-ring (bicyclic) bond motifs is 1. The molecule has 86 valence electrons. The van der Waals surface area contributed by atoms with E-state index in [0.717, 1.165) is 5.56 Å². The van der Waals surface area contributed by atoms with Gasteiger partial charge in [-0.05, 0) is 17.7 Å². The van der Waals surface area contributed by atoms with E-state index >= 15 is 0 Å². The summed E-state index contributed by atoms with van der Waals surface area (Å²) in [7, 11) is 0. The maximum atomic E-state index is 10.6. The molecule has 1 aromatic carbocycles. The summed E-state index contributed by atoms with van der Waals surface area (Å²) in [5.41, 5.74) is 1.56. The van der Waals surface area contributed by atoms with E-state index in [9.17, 15) is 9.90 Å². The third-order valence-electron chi connectivity index (χ3n) is 2.22. The summed E-state index contributed by atoms with van der Waals surface area (Å²) in [5, 5.41) is 26.4. The molecule has 1 atom stereocenters. The third kappa shape index (κ3) is 2.09. The zero-order valence-corrected chi connectivity index (χ0v) is 8.62. The van der Waals surface area contributed by atoms with Crippen LogP contribution in [0.25, 0.3) is 11.1 Å². The monoisotopic (exact) mass is 232 g/mol. The number of nitrogens with zero attached hydrogens (tertiary/aromatic N) is 2. The second kappa shape index (κ2) is 4.23. The topological polar surface area (TPSA) is 107 Å². The van der Waals surface area contributed by atoms with Gasteiger partial charge in [-0.2, -0.15) is 5.26 Å². The third-order valence-corrected chi connectivity index (χ3v) is 2.22. The molecule has 0 spiro atoms. The number of aliphatic carboxylic acids is 1. The molecule has 17 heavy (non-hydrogen) atoms. The van der Waals surface area contributed by atoms with Crippen LogP contribution in [0.5, 0.6) is 0 Å². The first-order valence-corrected chi connectivity index (χ1v) is 4.79. The van der Waals surface area contributed by atoms with Crippen LogP contribution in [-0.4, -0.2) is 21.2 Å². The minimum absolute atomic E-state index is 0.236. The van der Waals surface area contributed by atoms with Crippen molar-refractivity contribution < 1.29 is 19.4 Å². The summed E-state index contributed by atoms with van der Waals surface area (Å²) < 4.78 is 5.10. The fraction of sp³-hybridized carbons (Fsp3) is 0.182. The van der Waals surface area contributed by atoms with Crippen molar-refractivity contribution in [1.82, 2.24) is 4.98 Å². The second-order valence-electron chi connectivity index (χ2n) is 3.43. The minimum atomic E-state index is -1.78. The quantitative estimate of drug-likeness (QED) is 0.817. The molecule has 0 fully saturated rings. The minimum Gasteiger partial charge on any atom is -0.479 e. The van der Waals surface area contributed by atoms with Crippen molar-refractivity contribution in [3.63, 3.8) is 0 Å². The Morgan fingerprint density at radius 3 is 3.00 bits per heavy atom. The Bertz CT molecular complexity index is 611. The van der Waals surface area contributed by atoms with E-state index in [0.29, 0.717) is 11.1 Å². The number of carboxylic acids is 1. The van der Waals surface area contributed by atoms with E-state index < -0.39 is 12.1 Å². The van der Waals surface area contributed by atoms with Gasteiger partial charge in [-0.25, -0.2) is 9.78 Å². The average molecular weight is 232 g/mol. The zero-order chi connectivity index (χ0) is 12.4. The summed E-state index contributed by atoms with van der Waals surface area (Å²) >= 11 is 0. The van der Waals surface area contributed by atoms with Crippen molar-refractivity contribution in [3.8, 4) is 6.07 Å². The number of carboxylic acid groups (broad SMARTS) is 1. The molecule has 0 aliphatic heterocycles. The van der Waals surface area contributed by atoms with Crippen molar-refractivity contribution in [2.75, 3.05) is 0 Å². The van der Waals surface area contributed by atoms with Crippen molar-refractivity contribution in [2.24, 2.45) is 0 Å². The number of aliphatic hydroxyl groups is 1. The van der Waals surface area contributed by atoms with Crippen LogP contribution >= 0.6 is 0 Å². The van der Waals surface area contributed by atoms with Crippen molar-refractivity contribution in [1.29, 1.82) is 5.26 Å². The van der Waals surface area contributed by atoms with Gasteiger partial charge in [-0.15, -0.1) is 0 Å². The molecule has 0 saturated carbocycles. The molecule has 0 amide bonds. The number of nitriles is 1. The number of rotatable bonds is 3. The van der Waals surface area contributed by atoms with Crippen LogP contribution < -0.4 is 0 Å². The molecule has 2 rings (SSSR count). The highest BCUT2D eigenvalue weighted by molar-refractivity contribution is 5.77. The average Bonchev–Trinajstić information content (AvgIpc) is 2.71. The number of oxazole rings is 1. The Hall–Kier alpha value is -2.39. The fourth-order valence-corrected chi connectivity index (χ4v) is 1.41. The molecule has 0 aliphatic carbocycles. The predicted octanol–water partition coefficient (Wildman–Crippen LogP) is 1.01. The number of aromatic nitrogens is 1. The summed E-state index contributed by atoms with van der Waals surface area (Å²) in [4.78, 5) is 14.4. The summed E-state index contributed by atoms with van der Waals surface area (Å²) in [6.45, 7) is 0. The highest BCUT2D eigenvalue weighted by Crippen LogP contribution is 2.21. The van der Waals surface area contributed by atoms with Crippen molar-refractivity contribution in [3.05, 3.63) is 29.7 Å². The van der Waals surface area contributed by atoms with E-state index in [1.165, 1.54) is 0 Å². The summed E-state index contributed by atoms with van der Waals surface area (Å²) in [6.07, 6.45) is -1.54. The molecule has 0 radical (unpaired) electrons. The normalized spacial score (nSPS) is 12.2. The van der Waals surface area contributed by atoms with Gasteiger partial charge in [0.05, 0.1) is 12.5 Å². The predicted molar refractivity (Wildman–Crippen MR) is 55.9 cm³/mol. The first-order chi connectivity index (χ1) is 8.11. The van der Waals surface area contributed by atoms with Crippen LogP contribution in [0, 0.1) is 11.3 Å². The number of hydrogen-bond donors (Lipinski definition) is 2. The summed E-state index contributed by atoms with van der Waals surface area (Å²) in [6, 6.07) is 6.90. The summed E-state index contributed by atoms with van der Waals surface area (Å²) in [5.74, 6) is -1.68. The zero-order valence-electron chi connectivity index (χ0n) is 8.62. The maximum absolute atomic E-state index is 10.6. The van der Waals surface area contributed by atoms with E-state index in [-0.39, 0.29) is 12.3 Å². The van der Waals surface area contributed by atoms with Crippen molar-refractivity contribution >= 4 is 17.1 Å². The SMILES string of the molecule is N#CCc1ccc2oc(C(O)C(=O)O)nc2c1. The first-order valence-electron chi connectivity index (χ1n) is 4.79. The molecule has 0 aliphatic rings. The Labute approximate surface area is 95.7 Å². The Kier molecular flexibility index (Phi) is 2.77. The molecule has 2 N–H and O–H groups in total. The van der Waals surface area contributed by atoms with Crippen LogP contribution in [0.4, 0.5) is 0 Å². The van der Waals surface area contributed by atoms with Crippen LogP contribution in [0.2, 0.25) is 0 Å². The lowest BCUT2D eigenvalue weighted by molar-refractivity contribution is -0.148. The largest absolute Gasteiger partial charge is 0.479 e. The standard InChI is InChI=1S/C11H8N2O4/c12-4-3-6-1-2-8-7(5-6)13-10(17-8)9(14)11(15)16/h1-2,5,9,14H,3H2,(H,15,16). The number of aliphatic hydroxyl groups excluding tert-OH is 1. The van der Waals surface area contributed by atoms with Crippen LogP contribution in [0.1, 0.15) is 17.6 Å². The number of carbonyl (C=O) groups is 1. The lowest BCUT2D eigenvalue weighted by Gasteiger charge is -1.96. The number of hydrogen-bond acceptors (Lipinski definition) is 5. The van der Waals surface area contributed by atoms with Gasteiger partial charge in [-0.1, -0.05) is 6.07 Å². The molecule has 2 aromatic rings. The Morgan fingerprint density at radius 1 is 1.59 bits per heavy atom. The molecular weight excluding hydrogens is 224 g/mol. The molecule has 6 heteroatoms. The highest BCUT2D eigenvalue weighted by Gasteiger charge is 2.22. The smallest absolute Gasteiger partial charge is 0.342 e. The lowest BCUT2D eigenvalue weighted by Crippen LogP contribution is -2.10. The van der Waals surface area contributed by atoms with Crippen LogP contribution in [0.15, 0.2) is 22.6 Å². The molecule has 6 nitrogen and oxygen atoms in total. The molecule has 0 saturated heterocycles. The van der Waals surface area contributed by atoms with E-state index in [2.05, 4.69) is 4.98 Å². The van der Waals surface area contributed by atoms with E-state index in [1.54, 1.807) is 18.2 Å². The molecular formula is C11H8N2O4. The van der Waals surface area contributed by atoms with E-state index in [1.807, 2.05) is 6.07 Å². The molecule has 1 heterocycles. The van der Waals surface area contributed by atoms with Gasteiger partial charge >= 0.3 is 5.97 Å². The van der Waals surface area contributed by atoms with Gasteiger partial charge in [0.2, 0.25) is 12.0 Å². The maximum Gasteiger partial charge on any atom is 0.342 e. The van der Waals surface area contributed by atoms with Gasteiger partial charge in [-0.3, -0.25) is 0 Å². The van der Waals surface area contributed by atoms with Gasteiger partial charge in [0.25, 0.3) is 0 Å². The molecule has 1 aromatic heterocycles. The first kappa shape index (κ1) is 11.1. The molecule has 1 unspecified atom stereocenters. The number of benzene rings is 1. The Balaban J connectivity index is 2.44. The van der Waals surface area contributed by atoms with Gasteiger partial charge in [0, 0.05) is 0 Å². The van der Waals surface area contributed by atoms with Crippen LogP contribution in [-0.2, 0) is 11.2 Å². The second-order valence-corrected chi connectivity index (χ2v) is 3.43. The van der Waals surface area contributed by atoms with Gasteiger partial charge < -0.3 is 14.6 Å². The van der Waals surface area contributed by atoms with E-state index in [4.69, 9.17) is 14.8 Å². The molecule has 0 bridgehead atoms. The van der Waals surface area contributed by atoms with Gasteiger partial charge in [0.15, 0.2) is 5.58 Å².